The lowest BCUT2D eigenvalue weighted by Gasteiger charge is -1.95. The smallest absolute Gasteiger partial charge is 0.251 e. The topological polar surface area (TPSA) is 60.2 Å². The highest BCUT2D eigenvalue weighted by Gasteiger charge is 2.10. The fourth-order valence-electron chi connectivity index (χ4n) is 0.390. The molecule has 0 aliphatic carbocycles. The van der Waals surface area contributed by atoms with Gasteiger partial charge in [0.15, 0.2) is 5.78 Å². The summed E-state index contributed by atoms with van der Waals surface area (Å²) in [4.78, 5) is 21.0. The number of carbonyl (C=O) groups excluding carboxylic acids is 2. The van der Waals surface area contributed by atoms with Gasteiger partial charge in [0.1, 0.15) is 0 Å². The van der Waals surface area contributed by atoms with E-state index >= 15 is 0 Å². The molecular formula is C6H9NO2S. The lowest BCUT2D eigenvalue weighted by molar-refractivity contribution is -0.120. The third kappa shape index (κ3) is 2.68. The zero-order valence-corrected chi connectivity index (χ0v) is 6.36. The summed E-state index contributed by atoms with van der Waals surface area (Å²) in [7, 11) is 0. The summed E-state index contributed by atoms with van der Waals surface area (Å²) < 4.78 is 0. The van der Waals surface area contributed by atoms with Crippen LogP contribution in [0, 0.1) is 0 Å². The highest BCUT2D eigenvalue weighted by molar-refractivity contribution is 7.80. The predicted octanol–water partition coefficient (Wildman–Crippen LogP) is -0.0831. The van der Waals surface area contributed by atoms with Crippen molar-refractivity contribution in [3.63, 3.8) is 0 Å². The van der Waals surface area contributed by atoms with E-state index < -0.39 is 5.91 Å². The summed E-state index contributed by atoms with van der Waals surface area (Å²) >= 11 is 3.81. The van der Waals surface area contributed by atoms with Crippen LogP contribution in [0.5, 0.6) is 0 Å². The van der Waals surface area contributed by atoms with Crippen molar-refractivity contribution in [3.8, 4) is 0 Å². The first-order valence-corrected chi connectivity index (χ1v) is 3.35. The molecule has 0 aromatic rings. The van der Waals surface area contributed by atoms with Crippen molar-refractivity contribution < 1.29 is 9.59 Å². The van der Waals surface area contributed by atoms with Crippen molar-refractivity contribution in [2.24, 2.45) is 5.73 Å². The molecule has 2 N–H and O–H groups in total. The van der Waals surface area contributed by atoms with Crippen molar-refractivity contribution in [3.05, 3.63) is 12.2 Å². The van der Waals surface area contributed by atoms with Crippen LogP contribution in [0.25, 0.3) is 0 Å². The Hall–Kier alpha value is -0.770. The molecule has 3 nitrogen and oxygen atoms in total. The number of hydrogen-bond acceptors (Lipinski definition) is 3. The molecule has 0 saturated heterocycles. The zero-order chi connectivity index (χ0) is 8.15. The molecular weight excluding hydrogens is 150 g/mol. The van der Waals surface area contributed by atoms with Gasteiger partial charge in [-0.15, -0.1) is 0 Å². The normalized spacial score (nSPS) is 8.90. The van der Waals surface area contributed by atoms with Gasteiger partial charge in [0, 0.05) is 6.42 Å². The lowest BCUT2D eigenvalue weighted by Crippen LogP contribution is -2.19. The van der Waals surface area contributed by atoms with Gasteiger partial charge in [0.25, 0.3) is 5.91 Å². The summed E-state index contributed by atoms with van der Waals surface area (Å²) in [6.45, 7) is 3.21. The minimum Gasteiger partial charge on any atom is -0.366 e. The van der Waals surface area contributed by atoms with E-state index in [2.05, 4.69) is 19.2 Å². The maximum atomic E-state index is 10.7. The Morgan fingerprint density at radius 2 is 2.00 bits per heavy atom. The first kappa shape index (κ1) is 9.23. The molecule has 1 amide bonds. The summed E-state index contributed by atoms with van der Waals surface area (Å²) in [6, 6.07) is 0. The van der Waals surface area contributed by atoms with Crippen molar-refractivity contribution in [1.82, 2.24) is 0 Å². The van der Waals surface area contributed by atoms with Gasteiger partial charge in [-0.1, -0.05) is 6.58 Å². The molecule has 0 saturated carbocycles. The highest BCUT2D eigenvalue weighted by Crippen LogP contribution is 1.96. The summed E-state index contributed by atoms with van der Waals surface area (Å²) in [6.07, 6.45) is 0.213. The molecule has 0 unspecified atom stereocenters. The Kier molecular flexibility index (Phi) is 3.79. The highest BCUT2D eigenvalue weighted by atomic mass is 32.1. The van der Waals surface area contributed by atoms with E-state index in [1.807, 2.05) is 0 Å². The fourth-order valence-corrected chi connectivity index (χ4v) is 0.593. The second-order valence-electron chi connectivity index (χ2n) is 1.74. The van der Waals surface area contributed by atoms with E-state index in [1.54, 1.807) is 0 Å². The lowest BCUT2D eigenvalue weighted by atomic mass is 10.1. The van der Waals surface area contributed by atoms with E-state index in [-0.39, 0.29) is 17.8 Å². The second-order valence-corrected chi connectivity index (χ2v) is 2.19. The van der Waals surface area contributed by atoms with Crippen molar-refractivity contribution in [2.75, 3.05) is 5.75 Å². The molecule has 10 heavy (non-hydrogen) atoms. The van der Waals surface area contributed by atoms with Crippen LogP contribution >= 0.6 is 12.6 Å². The van der Waals surface area contributed by atoms with Crippen LogP contribution in [-0.2, 0) is 9.59 Å². The molecule has 0 heterocycles. The number of rotatable bonds is 4. The number of Topliss-reactive ketones (excluding diaryl/α,β-unsaturated/α-hetero) is 1. The summed E-state index contributed by atoms with van der Waals surface area (Å²) in [5.74, 6) is -0.681. The Labute approximate surface area is 64.7 Å². The fraction of sp³-hybridized carbons (Fsp3) is 0.333. The molecule has 0 spiro atoms. The summed E-state index contributed by atoms with van der Waals surface area (Å²) in [5.41, 5.74) is 4.64. The minimum atomic E-state index is -0.758. The molecule has 0 radical (unpaired) electrons. The number of nitrogens with two attached hydrogens (primary N) is 1. The zero-order valence-electron chi connectivity index (χ0n) is 5.46. The molecule has 56 valence electrons. The predicted molar refractivity (Wildman–Crippen MR) is 41.8 cm³/mol. The molecule has 4 heteroatoms. The number of ketones is 1. The van der Waals surface area contributed by atoms with Crippen LogP contribution in [0.4, 0.5) is 0 Å². The van der Waals surface area contributed by atoms with Gasteiger partial charge >= 0.3 is 0 Å². The molecule has 0 aromatic heterocycles. The van der Waals surface area contributed by atoms with E-state index in [0.717, 1.165) is 0 Å². The SMILES string of the molecule is C=C(C(N)=O)C(=O)CCS. The largest absolute Gasteiger partial charge is 0.366 e. The number of primary amides is 1. The average molecular weight is 159 g/mol. The Bertz CT molecular complexity index is 177. The third-order valence-electron chi connectivity index (χ3n) is 0.973. The van der Waals surface area contributed by atoms with Crippen LogP contribution in [0.15, 0.2) is 12.2 Å². The second kappa shape index (κ2) is 4.11. The number of amides is 1. The quantitative estimate of drug-likeness (QED) is 0.261. The third-order valence-corrected chi connectivity index (χ3v) is 1.20. The Balaban J connectivity index is 3.96. The first-order chi connectivity index (χ1) is 4.59. The number of hydrogen-bond donors (Lipinski definition) is 2. The molecule has 0 fully saturated rings. The van der Waals surface area contributed by atoms with Crippen LogP contribution in [0.2, 0.25) is 0 Å². The van der Waals surface area contributed by atoms with Gasteiger partial charge in [-0.3, -0.25) is 9.59 Å². The monoisotopic (exact) mass is 159 g/mol. The van der Waals surface area contributed by atoms with Crippen molar-refractivity contribution in [1.29, 1.82) is 0 Å². The molecule has 0 aliphatic heterocycles. The van der Waals surface area contributed by atoms with Crippen molar-refractivity contribution in [2.45, 2.75) is 6.42 Å². The van der Waals surface area contributed by atoms with Crippen LogP contribution in [-0.4, -0.2) is 17.4 Å². The van der Waals surface area contributed by atoms with E-state index in [0.29, 0.717) is 5.75 Å². The van der Waals surface area contributed by atoms with Gasteiger partial charge in [-0.2, -0.15) is 12.6 Å². The van der Waals surface area contributed by atoms with Crippen molar-refractivity contribution >= 4 is 24.3 Å². The molecule has 0 aromatic carbocycles. The first-order valence-electron chi connectivity index (χ1n) is 2.72. The maximum absolute atomic E-state index is 10.7. The van der Waals surface area contributed by atoms with E-state index in [9.17, 15) is 9.59 Å². The maximum Gasteiger partial charge on any atom is 0.251 e. The van der Waals surface area contributed by atoms with Crippen LogP contribution in [0.1, 0.15) is 6.42 Å². The van der Waals surface area contributed by atoms with Crippen LogP contribution < -0.4 is 5.73 Å². The molecule has 0 atom stereocenters. The van der Waals surface area contributed by atoms with Crippen LogP contribution in [0.3, 0.4) is 0 Å². The van der Waals surface area contributed by atoms with Gasteiger partial charge in [0.2, 0.25) is 0 Å². The molecule has 0 rings (SSSR count). The molecule has 0 aliphatic rings. The Morgan fingerprint density at radius 1 is 1.50 bits per heavy atom. The minimum absolute atomic E-state index is 0.144. The van der Waals surface area contributed by atoms with Gasteiger partial charge in [0.05, 0.1) is 5.57 Å². The standard InChI is InChI=1S/C6H9NO2S/c1-4(6(7)9)5(8)2-3-10/h10H,1-3H2,(H2,7,9). The van der Waals surface area contributed by atoms with Gasteiger partial charge in [-0.25, -0.2) is 0 Å². The van der Waals surface area contributed by atoms with E-state index in [4.69, 9.17) is 5.73 Å². The molecule has 0 bridgehead atoms. The van der Waals surface area contributed by atoms with Gasteiger partial charge < -0.3 is 5.73 Å². The number of carbonyl (C=O) groups is 2. The van der Waals surface area contributed by atoms with E-state index in [1.165, 1.54) is 0 Å². The Morgan fingerprint density at radius 3 is 2.30 bits per heavy atom. The number of thiol groups is 1. The van der Waals surface area contributed by atoms with Gasteiger partial charge in [-0.05, 0) is 5.75 Å². The average Bonchev–Trinajstić information content (AvgIpc) is 1.87. The summed E-state index contributed by atoms with van der Waals surface area (Å²) in [5, 5.41) is 0.